The molecule has 0 N–H and O–H groups in total. The van der Waals surface area contributed by atoms with Crippen LogP contribution in [0, 0.1) is 11.6 Å². The number of halogens is 2. The van der Waals surface area contributed by atoms with Crippen molar-refractivity contribution in [3.8, 4) is 22.6 Å². The van der Waals surface area contributed by atoms with Crippen molar-refractivity contribution in [2.75, 3.05) is 52.4 Å². The summed E-state index contributed by atoms with van der Waals surface area (Å²) in [4.78, 5) is 58.9. The smallest absolute Gasteiger partial charge is 0.410 e. The zero-order valence-electron chi connectivity index (χ0n) is 32.8. The Balaban J connectivity index is 1.08. The summed E-state index contributed by atoms with van der Waals surface area (Å²) >= 11 is 0. The van der Waals surface area contributed by atoms with Crippen LogP contribution in [0.15, 0.2) is 60.7 Å². The minimum absolute atomic E-state index is 0.123. The Morgan fingerprint density at radius 3 is 1.62 bits per heavy atom. The number of carbonyl (C=O) groups excluding carboxylic acids is 4. The van der Waals surface area contributed by atoms with E-state index in [1.165, 1.54) is 24.3 Å². The van der Waals surface area contributed by atoms with E-state index in [0.29, 0.717) is 54.9 Å². The topological polar surface area (TPSA) is 118 Å². The molecule has 3 saturated heterocycles. The molecular formula is C42H50F2N4O8. The van der Waals surface area contributed by atoms with Crippen LogP contribution in [-0.4, -0.2) is 119 Å². The van der Waals surface area contributed by atoms with Crippen LogP contribution in [0.5, 0.6) is 11.5 Å². The first-order valence-corrected chi connectivity index (χ1v) is 19.0. The molecule has 0 aromatic heterocycles. The number of likely N-dealkylation sites (tertiary alicyclic amines) is 2. The number of hydrogen-bond acceptors (Lipinski definition) is 8. The van der Waals surface area contributed by atoms with Crippen LogP contribution in [0.3, 0.4) is 0 Å². The fourth-order valence-electron chi connectivity index (χ4n) is 6.86. The molecule has 0 radical (unpaired) electrons. The van der Waals surface area contributed by atoms with Gasteiger partial charge in [-0.15, -0.1) is 0 Å². The van der Waals surface area contributed by atoms with Crippen LogP contribution in [0.2, 0.25) is 0 Å². The molecule has 0 saturated carbocycles. The summed E-state index contributed by atoms with van der Waals surface area (Å²) in [5.74, 6) is -0.980. The lowest BCUT2D eigenvalue weighted by Crippen LogP contribution is -2.50. The van der Waals surface area contributed by atoms with Gasteiger partial charge in [0.05, 0.1) is 13.1 Å². The average Bonchev–Trinajstić information content (AvgIpc) is 3.80. The van der Waals surface area contributed by atoms with Gasteiger partial charge >= 0.3 is 12.2 Å². The van der Waals surface area contributed by atoms with E-state index in [1.807, 2.05) is 20.8 Å². The first-order valence-electron chi connectivity index (χ1n) is 19.0. The van der Waals surface area contributed by atoms with Crippen LogP contribution in [0.25, 0.3) is 11.1 Å². The van der Waals surface area contributed by atoms with E-state index in [4.69, 9.17) is 18.9 Å². The molecule has 3 aromatic rings. The summed E-state index contributed by atoms with van der Waals surface area (Å²) in [6.07, 6.45) is -0.427. The molecule has 3 fully saturated rings. The Hall–Kier alpha value is -5.40. The predicted molar refractivity (Wildman–Crippen MR) is 204 cm³/mol. The third-order valence-corrected chi connectivity index (χ3v) is 9.54. The number of piperazine rings is 1. The van der Waals surface area contributed by atoms with Crippen molar-refractivity contribution in [3.63, 3.8) is 0 Å². The lowest BCUT2D eigenvalue weighted by molar-refractivity contribution is 0.0266. The van der Waals surface area contributed by atoms with Gasteiger partial charge in [0.1, 0.15) is 46.5 Å². The average molecular weight is 777 g/mol. The Labute approximate surface area is 326 Å². The van der Waals surface area contributed by atoms with Crippen molar-refractivity contribution in [2.45, 2.75) is 77.8 Å². The molecule has 0 aliphatic carbocycles. The van der Waals surface area contributed by atoms with Crippen molar-refractivity contribution in [1.29, 1.82) is 0 Å². The summed E-state index contributed by atoms with van der Waals surface area (Å²) in [6, 6.07) is 14.9. The van der Waals surface area contributed by atoms with E-state index >= 15 is 0 Å². The molecule has 300 valence electrons. The van der Waals surface area contributed by atoms with Crippen molar-refractivity contribution < 1.29 is 46.9 Å². The molecule has 0 unspecified atom stereocenters. The third-order valence-electron chi connectivity index (χ3n) is 9.54. The monoisotopic (exact) mass is 776 g/mol. The Morgan fingerprint density at radius 2 is 1.09 bits per heavy atom. The van der Waals surface area contributed by atoms with Gasteiger partial charge in [-0.2, -0.15) is 0 Å². The Kier molecular flexibility index (Phi) is 11.8. The number of ether oxygens (including phenoxy) is 4. The number of rotatable bonds is 7. The molecule has 2 atom stereocenters. The van der Waals surface area contributed by atoms with Crippen LogP contribution in [0.1, 0.15) is 75.1 Å². The van der Waals surface area contributed by atoms with E-state index in [-0.39, 0.29) is 68.1 Å². The van der Waals surface area contributed by atoms with Gasteiger partial charge in [-0.1, -0.05) is 12.1 Å². The zero-order chi connectivity index (χ0) is 40.4. The highest BCUT2D eigenvalue weighted by atomic mass is 19.1. The van der Waals surface area contributed by atoms with Crippen LogP contribution < -0.4 is 9.47 Å². The van der Waals surface area contributed by atoms with Crippen molar-refractivity contribution in [1.82, 2.24) is 19.6 Å². The highest BCUT2D eigenvalue weighted by Crippen LogP contribution is 2.34. The largest absolute Gasteiger partial charge is 0.488 e. The lowest BCUT2D eigenvalue weighted by Gasteiger charge is -2.35. The fraction of sp³-hybridized carbons (Fsp3) is 0.476. The predicted octanol–water partition coefficient (Wildman–Crippen LogP) is 7.01. The molecule has 14 heteroatoms. The first kappa shape index (κ1) is 40.3. The molecule has 12 nitrogen and oxygen atoms in total. The molecule has 4 amide bonds. The highest BCUT2D eigenvalue weighted by molar-refractivity contribution is 5.97. The number of carbonyl (C=O) groups is 4. The van der Waals surface area contributed by atoms with Crippen LogP contribution >= 0.6 is 0 Å². The third kappa shape index (κ3) is 10.3. The lowest BCUT2D eigenvalue weighted by atomic mass is 10.0. The van der Waals surface area contributed by atoms with Gasteiger partial charge in [0.15, 0.2) is 0 Å². The second-order valence-corrected chi connectivity index (χ2v) is 16.4. The SMILES string of the molecule is CC(C)(C)OC(=O)N1CC[C@H](Oc2cc(F)cc(C(=O)N3CCN(C(=O)c4ccc(O[C@H]5CCN(C(=O)OC(C)(C)C)C5)c(-c5ccc(F)cc5)c4)CC3)c2)C1. The summed E-state index contributed by atoms with van der Waals surface area (Å²) < 4.78 is 52.0. The van der Waals surface area contributed by atoms with Crippen molar-refractivity contribution in [3.05, 3.63) is 83.4 Å². The van der Waals surface area contributed by atoms with E-state index in [2.05, 4.69) is 0 Å². The van der Waals surface area contributed by atoms with Gasteiger partial charge in [0.2, 0.25) is 0 Å². The molecular weight excluding hydrogens is 726 g/mol. The number of benzene rings is 3. The molecule has 0 spiro atoms. The standard InChI is InChI=1S/C42H50F2N4O8/c1-41(2,3)55-39(51)47-15-13-32(25-47)53-34-22-29(21-31(44)24-34)38(50)46-19-17-45(18-20-46)37(49)28-9-12-36(35(23-28)27-7-10-30(43)11-8-27)54-33-14-16-48(26-33)40(52)56-42(4,5)6/h7-12,21-24,32-33H,13-20,25-26H2,1-6H3/t32-,33-/m0/s1. The van der Waals surface area contributed by atoms with Crippen molar-refractivity contribution in [2.24, 2.45) is 0 Å². The maximum Gasteiger partial charge on any atom is 0.410 e. The van der Waals surface area contributed by atoms with Gasteiger partial charge in [-0.3, -0.25) is 9.59 Å². The minimum Gasteiger partial charge on any atom is -0.488 e. The quantitative estimate of drug-likeness (QED) is 0.252. The molecule has 3 aliphatic rings. The van der Waals surface area contributed by atoms with Gasteiger partial charge in [-0.05, 0) is 89.6 Å². The van der Waals surface area contributed by atoms with Gasteiger partial charge < -0.3 is 38.5 Å². The second-order valence-electron chi connectivity index (χ2n) is 16.4. The maximum absolute atomic E-state index is 14.8. The van der Waals surface area contributed by atoms with Crippen LogP contribution in [0.4, 0.5) is 18.4 Å². The Bertz CT molecular complexity index is 1940. The van der Waals surface area contributed by atoms with Crippen molar-refractivity contribution >= 4 is 24.0 Å². The number of nitrogens with zero attached hydrogens (tertiary/aromatic N) is 4. The second kappa shape index (κ2) is 16.4. The van der Waals surface area contributed by atoms with Gasteiger partial charge in [0.25, 0.3) is 11.8 Å². The zero-order valence-corrected chi connectivity index (χ0v) is 32.8. The number of hydrogen-bond donors (Lipinski definition) is 0. The maximum atomic E-state index is 14.8. The minimum atomic E-state index is -0.631. The van der Waals surface area contributed by atoms with E-state index in [9.17, 15) is 28.0 Å². The number of amides is 4. The first-order chi connectivity index (χ1) is 26.4. The van der Waals surface area contributed by atoms with E-state index < -0.39 is 35.0 Å². The summed E-state index contributed by atoms with van der Waals surface area (Å²) in [5.41, 5.74) is 0.511. The van der Waals surface area contributed by atoms with Gasteiger partial charge in [0, 0.05) is 74.9 Å². The summed E-state index contributed by atoms with van der Waals surface area (Å²) in [7, 11) is 0. The summed E-state index contributed by atoms with van der Waals surface area (Å²) in [6.45, 7) is 13.3. The summed E-state index contributed by atoms with van der Waals surface area (Å²) in [5, 5.41) is 0. The molecule has 56 heavy (non-hydrogen) atoms. The van der Waals surface area contributed by atoms with Gasteiger partial charge in [-0.25, -0.2) is 18.4 Å². The molecule has 3 heterocycles. The molecule has 3 aliphatic heterocycles. The Morgan fingerprint density at radius 1 is 0.571 bits per heavy atom. The molecule has 6 rings (SSSR count). The molecule has 0 bridgehead atoms. The normalized spacial score (nSPS) is 18.9. The highest BCUT2D eigenvalue weighted by Gasteiger charge is 2.33. The molecule has 3 aromatic carbocycles. The fourth-order valence-corrected chi connectivity index (χ4v) is 6.86. The van der Waals surface area contributed by atoms with E-state index in [0.717, 1.165) is 6.07 Å². The van der Waals surface area contributed by atoms with Crippen LogP contribution in [-0.2, 0) is 9.47 Å². The van der Waals surface area contributed by atoms with E-state index in [1.54, 1.807) is 70.7 Å².